The Kier molecular flexibility index (Phi) is 4.27. The number of hydrogen-bond acceptors (Lipinski definition) is 2. The van der Waals surface area contributed by atoms with Gasteiger partial charge in [-0.05, 0) is 69.3 Å². The van der Waals surface area contributed by atoms with Gasteiger partial charge in [0.05, 0.1) is 0 Å². The third-order valence-corrected chi connectivity index (χ3v) is 5.21. The predicted molar refractivity (Wildman–Crippen MR) is 80.1 cm³/mol. The molecule has 2 saturated heterocycles. The van der Waals surface area contributed by atoms with Crippen LogP contribution in [0.5, 0.6) is 0 Å². The van der Waals surface area contributed by atoms with Crippen molar-refractivity contribution in [3.05, 3.63) is 35.4 Å². The Labute approximate surface area is 125 Å². The van der Waals surface area contributed by atoms with Crippen LogP contribution in [-0.4, -0.2) is 31.1 Å². The Bertz CT molecular complexity index is 492. The number of nitrogens with zero attached hydrogens (tertiary/aromatic N) is 1. The molecule has 0 radical (unpaired) electrons. The lowest BCUT2D eigenvalue weighted by molar-refractivity contribution is 0.0406. The summed E-state index contributed by atoms with van der Waals surface area (Å²) in [4.78, 5) is 2.33. The van der Waals surface area contributed by atoms with Crippen LogP contribution in [0.25, 0.3) is 0 Å². The molecule has 3 rings (SSSR count). The lowest BCUT2D eigenvalue weighted by Crippen LogP contribution is -2.51. The van der Waals surface area contributed by atoms with Crippen LogP contribution in [0.3, 0.4) is 0 Å². The molecule has 1 spiro atoms. The van der Waals surface area contributed by atoms with Gasteiger partial charge in [-0.15, -0.1) is 0 Å². The molecule has 2 aliphatic heterocycles. The topological polar surface area (TPSA) is 15.3 Å². The van der Waals surface area contributed by atoms with E-state index >= 15 is 0 Å². The number of nitrogens with one attached hydrogen (secondary N) is 1. The molecule has 0 aliphatic carbocycles. The fourth-order valence-electron chi connectivity index (χ4n) is 3.99. The molecule has 2 nitrogen and oxygen atoms in total. The van der Waals surface area contributed by atoms with Crippen molar-refractivity contribution in [2.75, 3.05) is 26.2 Å². The third kappa shape index (κ3) is 3.11. The molecule has 0 saturated carbocycles. The molecule has 21 heavy (non-hydrogen) atoms. The third-order valence-electron chi connectivity index (χ3n) is 5.21. The van der Waals surface area contributed by atoms with E-state index < -0.39 is 0 Å². The second-order valence-electron chi connectivity index (χ2n) is 6.70. The molecule has 1 aromatic rings. The number of benzene rings is 1. The standard InChI is InChI=1S/C17H24F2N2/c1-13(15-10-14(18)4-5-16(15)19)21-9-3-7-17(12-21)6-2-8-20-11-17/h4-5,10,13,20H,2-3,6-9,11-12H2,1H3. The SMILES string of the molecule is CC(c1cc(F)ccc1F)N1CCCC2(CCCNC2)C1. The number of halogens is 2. The van der Waals surface area contributed by atoms with Gasteiger partial charge in [-0.3, -0.25) is 4.90 Å². The lowest BCUT2D eigenvalue weighted by atomic mass is 9.74. The highest BCUT2D eigenvalue weighted by Crippen LogP contribution is 2.39. The Morgan fingerprint density at radius 2 is 2.05 bits per heavy atom. The van der Waals surface area contributed by atoms with Crippen molar-refractivity contribution < 1.29 is 8.78 Å². The van der Waals surface area contributed by atoms with E-state index in [2.05, 4.69) is 10.2 Å². The average Bonchev–Trinajstić information content (AvgIpc) is 2.50. The molecule has 0 bridgehead atoms. The summed E-state index contributed by atoms with van der Waals surface area (Å²) in [5.41, 5.74) is 0.810. The number of likely N-dealkylation sites (tertiary alicyclic amines) is 1. The minimum Gasteiger partial charge on any atom is -0.316 e. The zero-order chi connectivity index (χ0) is 14.9. The fourth-order valence-corrected chi connectivity index (χ4v) is 3.99. The normalized spacial score (nSPS) is 28.7. The number of rotatable bonds is 2. The Morgan fingerprint density at radius 3 is 2.81 bits per heavy atom. The number of hydrogen-bond donors (Lipinski definition) is 1. The van der Waals surface area contributed by atoms with Gasteiger partial charge < -0.3 is 5.32 Å². The highest BCUT2D eigenvalue weighted by atomic mass is 19.1. The predicted octanol–water partition coefficient (Wildman–Crippen LogP) is 3.49. The van der Waals surface area contributed by atoms with Crippen molar-refractivity contribution in [2.24, 2.45) is 5.41 Å². The molecule has 2 atom stereocenters. The summed E-state index contributed by atoms with van der Waals surface area (Å²) in [5, 5.41) is 3.50. The van der Waals surface area contributed by atoms with Gasteiger partial charge in [0.2, 0.25) is 0 Å². The molecule has 2 heterocycles. The Morgan fingerprint density at radius 1 is 1.24 bits per heavy atom. The number of piperidine rings is 2. The zero-order valence-corrected chi connectivity index (χ0v) is 12.7. The molecular formula is C17H24F2N2. The smallest absolute Gasteiger partial charge is 0.128 e. The molecule has 1 N–H and O–H groups in total. The molecule has 116 valence electrons. The van der Waals surface area contributed by atoms with Crippen LogP contribution in [0.1, 0.15) is 44.2 Å². The molecule has 2 unspecified atom stereocenters. The van der Waals surface area contributed by atoms with Crippen LogP contribution in [0.15, 0.2) is 18.2 Å². The monoisotopic (exact) mass is 294 g/mol. The van der Waals surface area contributed by atoms with Crippen LogP contribution in [-0.2, 0) is 0 Å². The van der Waals surface area contributed by atoms with E-state index in [9.17, 15) is 8.78 Å². The molecule has 2 fully saturated rings. The summed E-state index contributed by atoms with van der Waals surface area (Å²) in [5.74, 6) is -0.658. The molecule has 0 amide bonds. The van der Waals surface area contributed by atoms with Gasteiger partial charge in [0.15, 0.2) is 0 Å². The van der Waals surface area contributed by atoms with E-state index in [4.69, 9.17) is 0 Å². The largest absolute Gasteiger partial charge is 0.316 e. The first-order chi connectivity index (χ1) is 10.1. The van der Waals surface area contributed by atoms with E-state index in [-0.39, 0.29) is 17.7 Å². The van der Waals surface area contributed by atoms with Crippen molar-refractivity contribution in [3.63, 3.8) is 0 Å². The van der Waals surface area contributed by atoms with E-state index in [1.807, 2.05) is 6.92 Å². The molecular weight excluding hydrogens is 270 g/mol. The van der Waals surface area contributed by atoms with Gasteiger partial charge in [-0.1, -0.05) is 0 Å². The summed E-state index contributed by atoms with van der Waals surface area (Å²) in [6.07, 6.45) is 4.85. The van der Waals surface area contributed by atoms with E-state index in [0.717, 1.165) is 32.6 Å². The van der Waals surface area contributed by atoms with E-state index in [1.165, 1.54) is 37.5 Å². The van der Waals surface area contributed by atoms with Crippen molar-refractivity contribution in [3.8, 4) is 0 Å². The Balaban J connectivity index is 1.77. The molecule has 1 aromatic carbocycles. The van der Waals surface area contributed by atoms with E-state index in [0.29, 0.717) is 11.0 Å². The van der Waals surface area contributed by atoms with Crippen molar-refractivity contribution in [2.45, 2.75) is 38.6 Å². The van der Waals surface area contributed by atoms with Gasteiger partial charge in [0, 0.05) is 24.7 Å². The first-order valence-corrected chi connectivity index (χ1v) is 7.99. The van der Waals surface area contributed by atoms with Gasteiger partial charge in [0.25, 0.3) is 0 Å². The van der Waals surface area contributed by atoms with Crippen LogP contribution in [0, 0.1) is 17.0 Å². The summed E-state index contributed by atoms with van der Waals surface area (Å²) in [7, 11) is 0. The molecule has 4 heteroatoms. The maximum absolute atomic E-state index is 14.0. The van der Waals surface area contributed by atoms with Crippen molar-refractivity contribution in [1.29, 1.82) is 0 Å². The molecule has 0 aromatic heterocycles. The first kappa shape index (κ1) is 14.9. The fraction of sp³-hybridized carbons (Fsp3) is 0.647. The average molecular weight is 294 g/mol. The van der Waals surface area contributed by atoms with Gasteiger partial charge >= 0.3 is 0 Å². The first-order valence-electron chi connectivity index (χ1n) is 7.99. The summed E-state index contributed by atoms with van der Waals surface area (Å²) in [6.45, 7) is 6.11. The highest BCUT2D eigenvalue weighted by molar-refractivity contribution is 5.22. The van der Waals surface area contributed by atoms with Crippen molar-refractivity contribution in [1.82, 2.24) is 10.2 Å². The molecule has 2 aliphatic rings. The van der Waals surface area contributed by atoms with Gasteiger partial charge in [0.1, 0.15) is 11.6 Å². The minimum absolute atomic E-state index is 0.0696. The van der Waals surface area contributed by atoms with Gasteiger partial charge in [-0.25, -0.2) is 8.78 Å². The van der Waals surface area contributed by atoms with Crippen molar-refractivity contribution >= 4 is 0 Å². The second-order valence-corrected chi connectivity index (χ2v) is 6.70. The zero-order valence-electron chi connectivity index (χ0n) is 12.7. The summed E-state index contributed by atoms with van der Waals surface area (Å²) < 4.78 is 27.4. The highest BCUT2D eigenvalue weighted by Gasteiger charge is 2.38. The van der Waals surface area contributed by atoms with Crippen LogP contribution in [0.4, 0.5) is 8.78 Å². The van der Waals surface area contributed by atoms with Crippen LogP contribution >= 0.6 is 0 Å². The van der Waals surface area contributed by atoms with Crippen LogP contribution in [0.2, 0.25) is 0 Å². The summed E-state index contributed by atoms with van der Waals surface area (Å²) >= 11 is 0. The van der Waals surface area contributed by atoms with Crippen LogP contribution < -0.4 is 5.32 Å². The Hall–Kier alpha value is -1.00. The minimum atomic E-state index is -0.357. The van der Waals surface area contributed by atoms with Gasteiger partial charge in [-0.2, -0.15) is 0 Å². The lowest BCUT2D eigenvalue weighted by Gasteiger charge is -2.47. The van der Waals surface area contributed by atoms with E-state index in [1.54, 1.807) is 0 Å². The maximum atomic E-state index is 14.0. The summed E-state index contributed by atoms with van der Waals surface area (Å²) in [6, 6.07) is 3.71. The maximum Gasteiger partial charge on any atom is 0.128 e. The second kappa shape index (κ2) is 6.01. The quantitative estimate of drug-likeness (QED) is 0.898.